The molecule has 0 aromatic heterocycles. The summed E-state index contributed by atoms with van der Waals surface area (Å²) in [6.07, 6.45) is 5.85. The lowest BCUT2D eigenvalue weighted by molar-refractivity contribution is -0.0491. The molecule has 0 bridgehead atoms. The molecule has 0 aromatic carbocycles. The summed E-state index contributed by atoms with van der Waals surface area (Å²) in [6.45, 7) is 11.0. The zero-order chi connectivity index (χ0) is 13.1. The molecule has 2 nitrogen and oxygen atoms in total. The maximum atomic E-state index is 5.98. The molecule has 0 spiro atoms. The zero-order valence-corrected chi connectivity index (χ0v) is 13.8. The molecule has 17 heavy (non-hydrogen) atoms. The molecule has 0 aliphatic heterocycles. The van der Waals surface area contributed by atoms with Gasteiger partial charge in [-0.3, -0.25) is 0 Å². The maximum Gasteiger partial charge on any atom is 0.0704 e. The van der Waals surface area contributed by atoms with Crippen LogP contribution in [0.5, 0.6) is 0 Å². The van der Waals surface area contributed by atoms with Gasteiger partial charge in [-0.05, 0) is 29.3 Å². The van der Waals surface area contributed by atoms with Crippen LogP contribution in [0.1, 0.15) is 47.0 Å². The second kappa shape index (κ2) is 10.3. The van der Waals surface area contributed by atoms with Gasteiger partial charge >= 0.3 is 0 Å². The van der Waals surface area contributed by atoms with Crippen LogP contribution in [0, 0.1) is 5.41 Å². The SMILES string of the molecule is CCCC(C)(C)C(CC=CI)OCCOCC. The van der Waals surface area contributed by atoms with Crippen LogP contribution >= 0.6 is 22.6 Å². The van der Waals surface area contributed by atoms with Gasteiger partial charge < -0.3 is 9.47 Å². The molecule has 0 heterocycles. The lowest BCUT2D eigenvalue weighted by Gasteiger charge is -2.33. The highest BCUT2D eigenvalue weighted by Gasteiger charge is 2.28. The third-order valence-electron chi connectivity index (χ3n) is 2.96. The summed E-state index contributed by atoms with van der Waals surface area (Å²) in [5, 5.41) is 0. The standard InChI is InChI=1S/C14H27IO2/c1-5-9-14(3,4)13(8-7-10-15)17-12-11-16-6-2/h7,10,13H,5-6,8-9,11-12H2,1-4H3. The first kappa shape index (κ1) is 17.4. The molecule has 0 fully saturated rings. The number of hydrogen-bond acceptors (Lipinski definition) is 2. The van der Waals surface area contributed by atoms with Crippen LogP contribution in [0.25, 0.3) is 0 Å². The lowest BCUT2D eigenvalue weighted by atomic mass is 9.80. The number of rotatable bonds is 10. The van der Waals surface area contributed by atoms with Gasteiger partial charge in [-0.2, -0.15) is 0 Å². The van der Waals surface area contributed by atoms with Gasteiger partial charge in [0, 0.05) is 6.61 Å². The molecule has 0 amide bonds. The molecule has 0 rings (SSSR count). The van der Waals surface area contributed by atoms with E-state index in [0.29, 0.717) is 13.2 Å². The summed E-state index contributed by atoms with van der Waals surface area (Å²) in [6, 6.07) is 0. The second-order valence-electron chi connectivity index (χ2n) is 4.89. The highest BCUT2D eigenvalue weighted by atomic mass is 127. The van der Waals surface area contributed by atoms with Crippen molar-refractivity contribution in [2.45, 2.75) is 53.1 Å². The number of halogens is 1. The van der Waals surface area contributed by atoms with Gasteiger partial charge in [0.25, 0.3) is 0 Å². The Morgan fingerprint density at radius 1 is 1.24 bits per heavy atom. The third kappa shape index (κ3) is 8.16. The van der Waals surface area contributed by atoms with Crippen LogP contribution in [0.15, 0.2) is 10.2 Å². The fourth-order valence-corrected chi connectivity index (χ4v) is 2.28. The molecule has 0 aliphatic rings. The normalized spacial score (nSPS) is 14.4. The van der Waals surface area contributed by atoms with E-state index in [9.17, 15) is 0 Å². The van der Waals surface area contributed by atoms with Crippen LogP contribution in [0.4, 0.5) is 0 Å². The van der Waals surface area contributed by atoms with Crippen molar-refractivity contribution < 1.29 is 9.47 Å². The van der Waals surface area contributed by atoms with E-state index < -0.39 is 0 Å². The molecule has 0 radical (unpaired) electrons. The fourth-order valence-electron chi connectivity index (χ4n) is 1.99. The largest absolute Gasteiger partial charge is 0.379 e. The minimum absolute atomic E-state index is 0.233. The maximum absolute atomic E-state index is 5.98. The van der Waals surface area contributed by atoms with Crippen molar-refractivity contribution in [3.05, 3.63) is 10.2 Å². The minimum Gasteiger partial charge on any atom is -0.379 e. The minimum atomic E-state index is 0.233. The van der Waals surface area contributed by atoms with E-state index in [2.05, 4.69) is 53.5 Å². The molecule has 0 aromatic rings. The van der Waals surface area contributed by atoms with Crippen LogP contribution in [0.2, 0.25) is 0 Å². The highest BCUT2D eigenvalue weighted by Crippen LogP contribution is 2.31. The summed E-state index contributed by atoms with van der Waals surface area (Å²) < 4.78 is 13.4. The summed E-state index contributed by atoms with van der Waals surface area (Å²) in [5.74, 6) is 0. The Bertz CT molecular complexity index is 202. The van der Waals surface area contributed by atoms with Crippen molar-refractivity contribution in [1.82, 2.24) is 0 Å². The smallest absolute Gasteiger partial charge is 0.0704 e. The predicted octanol–water partition coefficient (Wildman–Crippen LogP) is 4.57. The average molecular weight is 354 g/mol. The molecule has 1 atom stereocenters. The Labute approximate surface area is 120 Å². The van der Waals surface area contributed by atoms with Gasteiger partial charge in [-0.25, -0.2) is 0 Å². The highest BCUT2D eigenvalue weighted by molar-refractivity contribution is 14.1. The van der Waals surface area contributed by atoms with E-state index in [1.165, 1.54) is 12.8 Å². The monoisotopic (exact) mass is 354 g/mol. The second-order valence-corrected chi connectivity index (χ2v) is 5.61. The number of hydrogen-bond donors (Lipinski definition) is 0. The Morgan fingerprint density at radius 3 is 2.47 bits per heavy atom. The van der Waals surface area contributed by atoms with E-state index in [0.717, 1.165) is 13.0 Å². The lowest BCUT2D eigenvalue weighted by Crippen LogP contribution is -2.32. The first-order chi connectivity index (χ1) is 8.08. The molecule has 0 saturated carbocycles. The van der Waals surface area contributed by atoms with E-state index in [4.69, 9.17) is 9.47 Å². The Morgan fingerprint density at radius 2 is 1.94 bits per heavy atom. The van der Waals surface area contributed by atoms with Crippen molar-refractivity contribution in [2.24, 2.45) is 5.41 Å². The topological polar surface area (TPSA) is 18.5 Å². The Balaban J connectivity index is 4.21. The first-order valence-corrected chi connectivity index (χ1v) is 7.77. The van der Waals surface area contributed by atoms with Gasteiger partial charge in [0.15, 0.2) is 0 Å². The molecule has 0 N–H and O–H groups in total. The molecule has 3 heteroatoms. The van der Waals surface area contributed by atoms with Crippen LogP contribution in [-0.2, 0) is 9.47 Å². The van der Waals surface area contributed by atoms with Crippen molar-refractivity contribution >= 4 is 22.6 Å². The fraction of sp³-hybridized carbons (Fsp3) is 0.857. The van der Waals surface area contributed by atoms with Gasteiger partial charge in [0.05, 0.1) is 19.3 Å². The van der Waals surface area contributed by atoms with E-state index in [-0.39, 0.29) is 11.5 Å². The molecule has 1 unspecified atom stereocenters. The van der Waals surface area contributed by atoms with Gasteiger partial charge in [-0.1, -0.05) is 55.9 Å². The number of ether oxygens (including phenoxy) is 2. The molecule has 0 saturated heterocycles. The predicted molar refractivity (Wildman–Crippen MR) is 82.7 cm³/mol. The Hall–Kier alpha value is 0.390. The average Bonchev–Trinajstić information content (AvgIpc) is 2.27. The Kier molecular flexibility index (Phi) is 10.6. The van der Waals surface area contributed by atoms with Crippen molar-refractivity contribution in [2.75, 3.05) is 19.8 Å². The van der Waals surface area contributed by atoms with Gasteiger partial charge in [0.1, 0.15) is 0 Å². The van der Waals surface area contributed by atoms with Crippen molar-refractivity contribution in [3.63, 3.8) is 0 Å². The van der Waals surface area contributed by atoms with Crippen LogP contribution in [-0.4, -0.2) is 25.9 Å². The summed E-state index contributed by atoms with van der Waals surface area (Å²) in [5.41, 5.74) is 0.233. The van der Waals surface area contributed by atoms with E-state index >= 15 is 0 Å². The molecular weight excluding hydrogens is 327 g/mol. The first-order valence-electron chi connectivity index (χ1n) is 6.53. The van der Waals surface area contributed by atoms with E-state index in [1.54, 1.807) is 0 Å². The zero-order valence-electron chi connectivity index (χ0n) is 11.7. The summed E-state index contributed by atoms with van der Waals surface area (Å²) in [4.78, 5) is 0. The summed E-state index contributed by atoms with van der Waals surface area (Å²) in [7, 11) is 0. The molecule has 102 valence electrons. The molecular formula is C14H27IO2. The quantitative estimate of drug-likeness (QED) is 0.423. The van der Waals surface area contributed by atoms with Crippen molar-refractivity contribution in [3.8, 4) is 0 Å². The molecule has 0 aliphatic carbocycles. The van der Waals surface area contributed by atoms with Gasteiger partial charge in [0.2, 0.25) is 0 Å². The van der Waals surface area contributed by atoms with Crippen LogP contribution in [0.3, 0.4) is 0 Å². The van der Waals surface area contributed by atoms with E-state index in [1.807, 2.05) is 6.92 Å². The van der Waals surface area contributed by atoms with Crippen molar-refractivity contribution in [1.29, 1.82) is 0 Å². The summed E-state index contributed by atoms with van der Waals surface area (Å²) >= 11 is 2.26. The van der Waals surface area contributed by atoms with Crippen LogP contribution < -0.4 is 0 Å². The third-order valence-corrected chi connectivity index (χ3v) is 3.46. The van der Waals surface area contributed by atoms with Gasteiger partial charge in [-0.15, -0.1) is 0 Å².